The minimum atomic E-state index is -3.77. The standard InChI is InChI=1S/C18H21ClN2O3S2/c1-13(14-4-3-5-17(12-14)26(20,23)24)21(2)18(22)10-11-25-16-8-6-15(19)7-9-16/h3-9,12-13H,10-11H2,1-2H3,(H2,20,23,24). The molecule has 0 aliphatic carbocycles. The molecule has 0 aliphatic rings. The van der Waals surface area contributed by atoms with Crippen LogP contribution in [0, 0.1) is 0 Å². The Hall–Kier alpha value is -1.54. The first-order chi connectivity index (χ1) is 12.2. The average molecular weight is 413 g/mol. The van der Waals surface area contributed by atoms with Crippen molar-refractivity contribution in [2.24, 2.45) is 5.14 Å². The zero-order valence-corrected chi connectivity index (χ0v) is 16.9. The third-order valence-corrected chi connectivity index (χ3v) is 6.22. The van der Waals surface area contributed by atoms with Crippen LogP contribution in [0.1, 0.15) is 24.9 Å². The zero-order valence-electron chi connectivity index (χ0n) is 14.6. The van der Waals surface area contributed by atoms with Crippen LogP contribution in [0.5, 0.6) is 0 Å². The number of thioether (sulfide) groups is 1. The quantitative estimate of drug-likeness (QED) is 0.703. The SMILES string of the molecule is CC(c1cccc(S(N)(=O)=O)c1)N(C)C(=O)CCSc1ccc(Cl)cc1. The number of nitrogens with two attached hydrogens (primary N) is 1. The van der Waals surface area contributed by atoms with Crippen LogP contribution >= 0.6 is 23.4 Å². The second-order valence-corrected chi connectivity index (χ2v) is 9.02. The van der Waals surface area contributed by atoms with Crippen LogP contribution in [-0.4, -0.2) is 32.0 Å². The predicted octanol–water partition coefficient (Wildman–Crippen LogP) is 3.69. The first kappa shape index (κ1) is 20.8. The molecule has 1 atom stereocenters. The van der Waals surface area contributed by atoms with Crippen LogP contribution in [0.3, 0.4) is 0 Å². The summed E-state index contributed by atoms with van der Waals surface area (Å²) >= 11 is 7.44. The second-order valence-electron chi connectivity index (χ2n) is 5.85. The lowest BCUT2D eigenvalue weighted by atomic mass is 10.1. The Bertz CT molecular complexity index is 870. The van der Waals surface area contributed by atoms with E-state index in [1.54, 1.807) is 35.8 Å². The number of rotatable bonds is 7. The molecule has 26 heavy (non-hydrogen) atoms. The number of hydrogen-bond donors (Lipinski definition) is 1. The monoisotopic (exact) mass is 412 g/mol. The van der Waals surface area contributed by atoms with Crippen molar-refractivity contribution in [1.82, 2.24) is 4.90 Å². The number of carbonyl (C=O) groups excluding carboxylic acids is 1. The van der Waals surface area contributed by atoms with E-state index in [9.17, 15) is 13.2 Å². The number of amides is 1. The maximum absolute atomic E-state index is 12.4. The van der Waals surface area contributed by atoms with E-state index in [0.29, 0.717) is 17.2 Å². The van der Waals surface area contributed by atoms with Crippen molar-refractivity contribution < 1.29 is 13.2 Å². The summed E-state index contributed by atoms with van der Waals surface area (Å²) in [4.78, 5) is 15.1. The van der Waals surface area contributed by atoms with E-state index in [0.717, 1.165) is 10.5 Å². The predicted molar refractivity (Wildman–Crippen MR) is 106 cm³/mol. The number of primary sulfonamides is 1. The third kappa shape index (κ3) is 5.74. The van der Waals surface area contributed by atoms with Gasteiger partial charge in [0.25, 0.3) is 0 Å². The van der Waals surface area contributed by atoms with E-state index in [1.807, 2.05) is 31.2 Å². The van der Waals surface area contributed by atoms with Crippen molar-refractivity contribution in [3.8, 4) is 0 Å². The van der Waals surface area contributed by atoms with Crippen LogP contribution in [0.4, 0.5) is 0 Å². The second kappa shape index (κ2) is 8.90. The van der Waals surface area contributed by atoms with Gasteiger partial charge < -0.3 is 4.90 Å². The van der Waals surface area contributed by atoms with Gasteiger partial charge in [-0.1, -0.05) is 23.7 Å². The van der Waals surface area contributed by atoms with Gasteiger partial charge in [0.2, 0.25) is 15.9 Å². The van der Waals surface area contributed by atoms with Crippen molar-refractivity contribution in [2.45, 2.75) is 29.2 Å². The lowest BCUT2D eigenvalue weighted by Gasteiger charge is -2.25. The van der Waals surface area contributed by atoms with Crippen molar-refractivity contribution in [1.29, 1.82) is 0 Å². The summed E-state index contributed by atoms with van der Waals surface area (Å²) in [5, 5.41) is 5.85. The Morgan fingerprint density at radius 2 is 1.88 bits per heavy atom. The van der Waals surface area contributed by atoms with Gasteiger partial charge in [0, 0.05) is 29.1 Å². The average Bonchev–Trinajstić information content (AvgIpc) is 2.61. The number of carbonyl (C=O) groups is 1. The van der Waals surface area contributed by atoms with Gasteiger partial charge in [-0.25, -0.2) is 13.6 Å². The number of sulfonamides is 1. The maximum atomic E-state index is 12.4. The van der Waals surface area contributed by atoms with Crippen LogP contribution < -0.4 is 5.14 Å². The Morgan fingerprint density at radius 1 is 1.23 bits per heavy atom. The summed E-state index contributed by atoms with van der Waals surface area (Å²) in [5.41, 5.74) is 0.720. The summed E-state index contributed by atoms with van der Waals surface area (Å²) in [6.07, 6.45) is 0.378. The lowest BCUT2D eigenvalue weighted by molar-refractivity contribution is -0.131. The fraction of sp³-hybridized carbons (Fsp3) is 0.278. The summed E-state index contributed by atoms with van der Waals surface area (Å²) in [6.45, 7) is 1.85. The van der Waals surface area contributed by atoms with E-state index < -0.39 is 10.0 Å². The van der Waals surface area contributed by atoms with E-state index in [4.69, 9.17) is 16.7 Å². The molecule has 1 unspecified atom stereocenters. The van der Waals surface area contributed by atoms with Crippen molar-refractivity contribution in [3.63, 3.8) is 0 Å². The molecule has 0 spiro atoms. The fourth-order valence-electron chi connectivity index (χ4n) is 2.35. The molecular formula is C18H21ClN2O3S2. The zero-order chi connectivity index (χ0) is 19.3. The molecule has 5 nitrogen and oxygen atoms in total. The summed E-state index contributed by atoms with van der Waals surface area (Å²) in [5.74, 6) is 0.634. The van der Waals surface area contributed by atoms with Crippen LogP contribution in [-0.2, 0) is 14.8 Å². The van der Waals surface area contributed by atoms with Gasteiger partial charge in [0.15, 0.2) is 0 Å². The van der Waals surface area contributed by atoms with Crippen LogP contribution in [0.2, 0.25) is 5.02 Å². The number of benzene rings is 2. The van der Waals surface area contributed by atoms with Gasteiger partial charge in [-0.2, -0.15) is 0 Å². The van der Waals surface area contributed by atoms with Gasteiger partial charge in [0.1, 0.15) is 0 Å². The molecule has 0 bridgehead atoms. The highest BCUT2D eigenvalue weighted by molar-refractivity contribution is 7.99. The fourth-order valence-corrected chi connectivity index (χ4v) is 3.89. The molecule has 0 saturated carbocycles. The van der Waals surface area contributed by atoms with Crippen LogP contribution in [0.15, 0.2) is 58.3 Å². The smallest absolute Gasteiger partial charge is 0.238 e. The third-order valence-electron chi connectivity index (χ3n) is 4.04. The topological polar surface area (TPSA) is 80.5 Å². The first-order valence-electron chi connectivity index (χ1n) is 7.95. The lowest BCUT2D eigenvalue weighted by Crippen LogP contribution is -2.30. The molecule has 8 heteroatoms. The van der Waals surface area contributed by atoms with Gasteiger partial charge in [-0.15, -0.1) is 11.8 Å². The van der Waals surface area contributed by atoms with E-state index in [-0.39, 0.29) is 16.8 Å². The number of hydrogen-bond acceptors (Lipinski definition) is 4. The van der Waals surface area contributed by atoms with Gasteiger partial charge >= 0.3 is 0 Å². The molecule has 0 heterocycles. The molecule has 0 fully saturated rings. The highest BCUT2D eigenvalue weighted by atomic mass is 35.5. The minimum absolute atomic E-state index is 0.0139. The highest BCUT2D eigenvalue weighted by Gasteiger charge is 2.19. The molecule has 2 aromatic rings. The van der Waals surface area contributed by atoms with E-state index in [1.165, 1.54) is 12.1 Å². The summed E-state index contributed by atoms with van der Waals surface area (Å²) in [6, 6.07) is 13.6. The maximum Gasteiger partial charge on any atom is 0.238 e. The molecule has 0 saturated heterocycles. The Morgan fingerprint density at radius 3 is 2.50 bits per heavy atom. The number of nitrogens with zero attached hydrogens (tertiary/aromatic N) is 1. The van der Waals surface area contributed by atoms with Crippen molar-refractivity contribution in [3.05, 3.63) is 59.1 Å². The largest absolute Gasteiger partial charge is 0.339 e. The molecule has 0 aromatic heterocycles. The van der Waals surface area contributed by atoms with Crippen LogP contribution in [0.25, 0.3) is 0 Å². The molecule has 0 radical (unpaired) electrons. The Labute approximate surface area is 163 Å². The van der Waals surface area contributed by atoms with Crippen molar-refractivity contribution in [2.75, 3.05) is 12.8 Å². The first-order valence-corrected chi connectivity index (χ1v) is 10.9. The molecule has 140 valence electrons. The van der Waals surface area contributed by atoms with E-state index >= 15 is 0 Å². The highest BCUT2D eigenvalue weighted by Crippen LogP contribution is 2.24. The molecule has 2 N–H and O–H groups in total. The molecule has 1 amide bonds. The Kier molecular flexibility index (Phi) is 7.11. The molecular weight excluding hydrogens is 392 g/mol. The van der Waals surface area contributed by atoms with E-state index in [2.05, 4.69) is 0 Å². The Balaban J connectivity index is 1.95. The van der Waals surface area contributed by atoms with Crippen molar-refractivity contribution >= 4 is 39.3 Å². The molecule has 2 rings (SSSR count). The summed E-state index contributed by atoms with van der Waals surface area (Å²) < 4.78 is 23.0. The van der Waals surface area contributed by atoms with Gasteiger partial charge in [-0.05, 0) is 48.9 Å². The number of halogens is 1. The van der Waals surface area contributed by atoms with Gasteiger partial charge in [-0.3, -0.25) is 4.79 Å². The minimum Gasteiger partial charge on any atom is -0.339 e. The molecule has 0 aliphatic heterocycles. The van der Waals surface area contributed by atoms with Gasteiger partial charge in [0.05, 0.1) is 10.9 Å². The normalized spacial score (nSPS) is 12.6. The summed E-state index contributed by atoms with van der Waals surface area (Å²) in [7, 11) is -2.06. The molecule has 2 aromatic carbocycles.